The molecule has 2 N–H and O–H groups in total. The van der Waals surface area contributed by atoms with Gasteiger partial charge in [0.05, 0.1) is 5.56 Å². The van der Waals surface area contributed by atoms with Crippen LogP contribution in [0.1, 0.15) is 23.7 Å². The van der Waals surface area contributed by atoms with Crippen LogP contribution in [0.5, 0.6) is 0 Å². The average molecular weight is 403 g/mol. The summed E-state index contributed by atoms with van der Waals surface area (Å²) in [6.45, 7) is 4.03. The second-order valence-electron chi connectivity index (χ2n) is 6.02. The average Bonchev–Trinajstić information content (AvgIpc) is 2.58. The van der Waals surface area contributed by atoms with E-state index in [2.05, 4.69) is 22.5 Å². The molecule has 4 nitrogen and oxygen atoms in total. The molecule has 1 aromatic carbocycles. The number of hydrogen-bond acceptors (Lipinski definition) is 3. The number of carbonyl (C=O) groups excluding carboxylic acids is 1. The predicted octanol–water partition coefficient (Wildman–Crippen LogP) is 3.97. The van der Waals surface area contributed by atoms with Crippen molar-refractivity contribution in [1.82, 2.24) is 15.6 Å². The monoisotopic (exact) mass is 401 g/mol. The van der Waals surface area contributed by atoms with Gasteiger partial charge in [-0.3, -0.25) is 9.78 Å². The Morgan fingerprint density at radius 3 is 2.60 bits per heavy atom. The van der Waals surface area contributed by atoms with Crippen molar-refractivity contribution in [2.75, 3.05) is 13.1 Å². The van der Waals surface area contributed by atoms with Gasteiger partial charge >= 0.3 is 0 Å². The van der Waals surface area contributed by atoms with Gasteiger partial charge in [-0.25, -0.2) is 0 Å². The van der Waals surface area contributed by atoms with Gasteiger partial charge in [0.1, 0.15) is 0 Å². The Morgan fingerprint density at radius 1 is 1.20 bits per heavy atom. The minimum atomic E-state index is -0.0629. The molecule has 1 aliphatic rings. The van der Waals surface area contributed by atoms with Crippen LogP contribution in [0, 0.1) is 5.92 Å². The summed E-state index contributed by atoms with van der Waals surface area (Å²) in [5.41, 5.74) is 2.49. The Kier molecular flexibility index (Phi) is 8.66. The SMILES string of the molecule is CC1CNCCC1NC(=O)c1cncc(-c2ccc(Cl)cc2)c1.Cl.Cl. The third-order valence-corrected chi connectivity index (χ3v) is 4.53. The molecule has 2 heterocycles. The van der Waals surface area contributed by atoms with Crippen molar-refractivity contribution in [3.05, 3.63) is 53.3 Å². The smallest absolute Gasteiger partial charge is 0.253 e. The van der Waals surface area contributed by atoms with Crippen molar-refractivity contribution in [2.45, 2.75) is 19.4 Å². The number of piperidine rings is 1. The van der Waals surface area contributed by atoms with Crippen LogP contribution in [0.15, 0.2) is 42.7 Å². The van der Waals surface area contributed by atoms with Gasteiger partial charge in [0.2, 0.25) is 0 Å². The summed E-state index contributed by atoms with van der Waals surface area (Å²) in [7, 11) is 0. The Hall–Kier alpha value is -1.33. The first-order chi connectivity index (χ1) is 11.1. The van der Waals surface area contributed by atoms with Crippen LogP contribution in [0.4, 0.5) is 0 Å². The summed E-state index contributed by atoms with van der Waals surface area (Å²) in [4.78, 5) is 16.7. The first-order valence-corrected chi connectivity index (χ1v) is 8.24. The van der Waals surface area contributed by atoms with Gasteiger partial charge in [0, 0.05) is 29.0 Å². The van der Waals surface area contributed by atoms with E-state index in [4.69, 9.17) is 11.6 Å². The van der Waals surface area contributed by atoms with Crippen molar-refractivity contribution in [2.24, 2.45) is 5.92 Å². The standard InChI is InChI=1S/C18H20ClN3O.2ClH/c1-12-9-20-7-6-17(12)22-18(23)15-8-14(10-21-11-15)13-2-4-16(19)5-3-13;;/h2-5,8,10-12,17,20H,6-7,9H2,1H3,(H,22,23);2*1H. The Labute approximate surface area is 165 Å². The van der Waals surface area contributed by atoms with Crippen molar-refractivity contribution >= 4 is 42.3 Å². The molecule has 136 valence electrons. The predicted molar refractivity (Wildman–Crippen MR) is 107 cm³/mol. The fourth-order valence-corrected chi connectivity index (χ4v) is 2.97. The molecule has 1 fully saturated rings. The van der Waals surface area contributed by atoms with Crippen LogP contribution in [0.3, 0.4) is 0 Å². The molecule has 0 spiro atoms. The number of amides is 1. The highest BCUT2D eigenvalue weighted by molar-refractivity contribution is 6.30. The van der Waals surface area contributed by atoms with Crippen LogP contribution < -0.4 is 10.6 Å². The van der Waals surface area contributed by atoms with Crippen LogP contribution in [0.2, 0.25) is 5.02 Å². The third kappa shape index (κ3) is 5.58. The van der Waals surface area contributed by atoms with Crippen LogP contribution >= 0.6 is 36.4 Å². The van der Waals surface area contributed by atoms with E-state index in [1.54, 1.807) is 12.4 Å². The zero-order chi connectivity index (χ0) is 16.2. The molecule has 0 bridgehead atoms. The minimum absolute atomic E-state index is 0. The molecule has 0 radical (unpaired) electrons. The molecule has 1 amide bonds. The van der Waals surface area contributed by atoms with E-state index in [9.17, 15) is 4.79 Å². The number of carbonyl (C=O) groups is 1. The number of benzene rings is 1. The topological polar surface area (TPSA) is 54.0 Å². The lowest BCUT2D eigenvalue weighted by Gasteiger charge is -2.30. The molecule has 3 rings (SSSR count). The molecular formula is C18H22Cl3N3O. The van der Waals surface area contributed by atoms with Crippen molar-refractivity contribution in [3.8, 4) is 11.1 Å². The van der Waals surface area contributed by atoms with Crippen LogP contribution in [-0.2, 0) is 0 Å². The fraction of sp³-hybridized carbons (Fsp3) is 0.333. The highest BCUT2D eigenvalue weighted by Crippen LogP contribution is 2.22. The van der Waals surface area contributed by atoms with E-state index >= 15 is 0 Å². The van der Waals surface area contributed by atoms with E-state index in [0.717, 1.165) is 30.6 Å². The van der Waals surface area contributed by atoms with E-state index < -0.39 is 0 Å². The van der Waals surface area contributed by atoms with Gasteiger partial charge in [-0.15, -0.1) is 24.8 Å². The minimum Gasteiger partial charge on any atom is -0.349 e. The molecule has 7 heteroatoms. The van der Waals surface area contributed by atoms with E-state index in [-0.39, 0.29) is 36.8 Å². The van der Waals surface area contributed by atoms with E-state index in [1.165, 1.54) is 0 Å². The summed E-state index contributed by atoms with van der Waals surface area (Å²) >= 11 is 5.92. The van der Waals surface area contributed by atoms with E-state index in [1.807, 2.05) is 30.3 Å². The van der Waals surface area contributed by atoms with Crippen molar-refractivity contribution in [3.63, 3.8) is 0 Å². The van der Waals surface area contributed by atoms with Crippen molar-refractivity contribution in [1.29, 1.82) is 0 Å². The Morgan fingerprint density at radius 2 is 1.92 bits per heavy atom. The van der Waals surface area contributed by atoms with Crippen LogP contribution in [-0.4, -0.2) is 30.0 Å². The van der Waals surface area contributed by atoms with Gasteiger partial charge in [-0.05, 0) is 49.2 Å². The summed E-state index contributed by atoms with van der Waals surface area (Å²) in [6, 6.07) is 9.60. The maximum atomic E-state index is 12.5. The van der Waals surface area contributed by atoms with Gasteiger partial charge in [0.25, 0.3) is 5.91 Å². The normalized spacial score (nSPS) is 19.3. The lowest BCUT2D eigenvalue weighted by Crippen LogP contribution is -2.48. The number of halogens is 3. The molecule has 1 saturated heterocycles. The van der Waals surface area contributed by atoms with Gasteiger partial charge in [-0.1, -0.05) is 30.7 Å². The first-order valence-electron chi connectivity index (χ1n) is 7.86. The molecule has 25 heavy (non-hydrogen) atoms. The lowest BCUT2D eigenvalue weighted by atomic mass is 9.95. The van der Waals surface area contributed by atoms with Gasteiger partial charge in [-0.2, -0.15) is 0 Å². The summed E-state index contributed by atoms with van der Waals surface area (Å²) in [5.74, 6) is 0.368. The highest BCUT2D eigenvalue weighted by atomic mass is 35.5. The molecule has 1 aromatic heterocycles. The maximum absolute atomic E-state index is 12.5. The number of nitrogens with zero attached hydrogens (tertiary/aromatic N) is 1. The number of aromatic nitrogens is 1. The molecule has 2 aromatic rings. The largest absolute Gasteiger partial charge is 0.349 e. The summed E-state index contributed by atoms with van der Waals surface area (Å²) < 4.78 is 0. The quantitative estimate of drug-likeness (QED) is 0.816. The molecule has 0 aliphatic carbocycles. The number of pyridine rings is 1. The summed E-state index contributed by atoms with van der Waals surface area (Å²) in [5, 5.41) is 7.16. The summed E-state index contributed by atoms with van der Waals surface area (Å²) in [6.07, 6.45) is 4.32. The maximum Gasteiger partial charge on any atom is 0.253 e. The number of rotatable bonds is 3. The molecule has 1 aliphatic heterocycles. The van der Waals surface area contributed by atoms with Crippen LogP contribution in [0.25, 0.3) is 11.1 Å². The Balaban J connectivity index is 0.00000156. The molecule has 2 atom stereocenters. The Bertz CT molecular complexity index is 694. The molecule has 0 saturated carbocycles. The molecule has 2 unspecified atom stereocenters. The first kappa shape index (κ1) is 21.7. The zero-order valence-corrected chi connectivity index (χ0v) is 16.3. The van der Waals surface area contributed by atoms with Gasteiger partial charge in [0.15, 0.2) is 0 Å². The molecular weight excluding hydrogens is 381 g/mol. The lowest BCUT2D eigenvalue weighted by molar-refractivity contribution is 0.0914. The number of nitrogens with one attached hydrogen (secondary N) is 2. The highest BCUT2D eigenvalue weighted by Gasteiger charge is 2.23. The third-order valence-electron chi connectivity index (χ3n) is 4.28. The van der Waals surface area contributed by atoms with E-state index in [0.29, 0.717) is 16.5 Å². The second kappa shape index (κ2) is 9.97. The second-order valence-corrected chi connectivity index (χ2v) is 6.46. The van der Waals surface area contributed by atoms with Crippen molar-refractivity contribution < 1.29 is 4.79 Å². The van der Waals surface area contributed by atoms with Gasteiger partial charge < -0.3 is 10.6 Å². The fourth-order valence-electron chi connectivity index (χ4n) is 2.84. The number of hydrogen-bond donors (Lipinski definition) is 2. The zero-order valence-electron chi connectivity index (χ0n) is 13.9.